The summed E-state index contributed by atoms with van der Waals surface area (Å²) in [6, 6.07) is 12.7. The average molecular weight is 441 g/mol. The van der Waals surface area contributed by atoms with Gasteiger partial charge in [-0.25, -0.2) is 18.4 Å². The number of amides is 1. The summed E-state index contributed by atoms with van der Waals surface area (Å²) in [5.74, 6) is -0.759. The molecule has 2 aromatic heterocycles. The Balaban J connectivity index is 1.90. The van der Waals surface area contributed by atoms with Crippen molar-refractivity contribution in [2.24, 2.45) is 10.1 Å². The van der Waals surface area contributed by atoms with Gasteiger partial charge in [-0.05, 0) is 30.3 Å². The molecule has 0 spiro atoms. The molecule has 1 amide bonds. The van der Waals surface area contributed by atoms with E-state index in [-0.39, 0.29) is 15.3 Å². The monoisotopic (exact) mass is 441 g/mol. The molecule has 0 fully saturated rings. The van der Waals surface area contributed by atoms with Gasteiger partial charge >= 0.3 is 5.63 Å². The first-order valence-electron chi connectivity index (χ1n) is 8.67. The van der Waals surface area contributed by atoms with E-state index in [4.69, 9.17) is 9.56 Å². The summed E-state index contributed by atoms with van der Waals surface area (Å²) in [5, 5.41) is 5.80. The maximum absolute atomic E-state index is 12.8. The smallest absolute Gasteiger partial charge is 0.349 e. The molecule has 0 radical (unpaired) electrons. The maximum Gasteiger partial charge on any atom is 0.349 e. The zero-order chi connectivity index (χ0) is 21.5. The van der Waals surface area contributed by atoms with Crippen molar-refractivity contribution in [2.45, 2.75) is 11.4 Å². The summed E-state index contributed by atoms with van der Waals surface area (Å²) >= 11 is 1.10. The van der Waals surface area contributed by atoms with Crippen molar-refractivity contribution in [3.8, 4) is 0 Å². The first-order valence-corrected chi connectivity index (χ1v) is 11.0. The van der Waals surface area contributed by atoms with E-state index < -0.39 is 21.6 Å². The average Bonchev–Trinajstić information content (AvgIpc) is 3.03. The lowest BCUT2D eigenvalue weighted by Crippen LogP contribution is -2.19. The highest BCUT2D eigenvalue weighted by Gasteiger charge is 2.16. The van der Waals surface area contributed by atoms with Crippen molar-refractivity contribution in [1.82, 2.24) is 4.57 Å². The van der Waals surface area contributed by atoms with Gasteiger partial charge in [0.1, 0.15) is 11.1 Å². The number of primary sulfonamides is 1. The van der Waals surface area contributed by atoms with Crippen LogP contribution in [-0.4, -0.2) is 18.9 Å². The number of nitrogens with two attached hydrogens (primary N) is 1. The van der Waals surface area contributed by atoms with Crippen LogP contribution < -0.4 is 15.6 Å². The van der Waals surface area contributed by atoms with Crippen LogP contribution in [0.1, 0.15) is 10.4 Å². The van der Waals surface area contributed by atoms with E-state index in [9.17, 15) is 18.0 Å². The molecule has 10 heteroatoms. The van der Waals surface area contributed by atoms with E-state index in [1.807, 2.05) is 0 Å². The topological polar surface area (TPSA) is 125 Å². The number of hydrogen-bond donors (Lipinski definition) is 1. The standard InChI is InChI=1S/C20H15N3O5S2/c1-2-9-23-15-8-7-13(30(21,26)27)11-17(15)29-20(23)22-18(24)14-10-12-5-3-4-6-16(12)28-19(14)25/h2-8,10-11H,1,9H2,(H2,21,26,27). The highest BCUT2D eigenvalue weighted by Crippen LogP contribution is 2.21. The number of hydrogen-bond acceptors (Lipinski definition) is 6. The van der Waals surface area contributed by atoms with E-state index in [2.05, 4.69) is 11.6 Å². The molecule has 0 bridgehead atoms. The lowest BCUT2D eigenvalue weighted by Gasteiger charge is -2.02. The van der Waals surface area contributed by atoms with Gasteiger partial charge in [-0.3, -0.25) is 4.79 Å². The number of carbonyl (C=O) groups excluding carboxylic acids is 1. The van der Waals surface area contributed by atoms with Gasteiger partial charge in [-0.15, -0.1) is 6.58 Å². The van der Waals surface area contributed by atoms with Crippen LogP contribution in [0.5, 0.6) is 0 Å². The van der Waals surface area contributed by atoms with Gasteiger partial charge in [0.25, 0.3) is 5.91 Å². The van der Waals surface area contributed by atoms with Crippen molar-refractivity contribution in [2.75, 3.05) is 0 Å². The van der Waals surface area contributed by atoms with Crippen LogP contribution >= 0.6 is 11.3 Å². The minimum Gasteiger partial charge on any atom is -0.422 e. The molecule has 4 rings (SSSR count). The van der Waals surface area contributed by atoms with Gasteiger partial charge in [0, 0.05) is 11.9 Å². The first kappa shape index (κ1) is 20.0. The fraction of sp³-hybridized carbons (Fsp3) is 0.0500. The summed E-state index contributed by atoms with van der Waals surface area (Å²) in [4.78, 5) is 29.4. The Morgan fingerprint density at radius 1 is 1.23 bits per heavy atom. The van der Waals surface area contributed by atoms with E-state index in [1.165, 1.54) is 18.2 Å². The molecular weight excluding hydrogens is 426 g/mol. The zero-order valence-corrected chi connectivity index (χ0v) is 17.1. The Morgan fingerprint density at radius 2 is 2.00 bits per heavy atom. The molecule has 0 aliphatic heterocycles. The number of nitrogens with zero attached hydrogens (tertiary/aromatic N) is 2. The molecule has 0 saturated carbocycles. The summed E-state index contributed by atoms with van der Waals surface area (Å²) in [6.07, 6.45) is 1.62. The van der Waals surface area contributed by atoms with Crippen LogP contribution in [0.3, 0.4) is 0 Å². The number of aromatic nitrogens is 1. The SMILES string of the molecule is C=CCn1c(=NC(=O)c2cc3ccccc3oc2=O)sc2cc(S(N)(=O)=O)ccc21. The van der Waals surface area contributed by atoms with Crippen LogP contribution in [-0.2, 0) is 16.6 Å². The van der Waals surface area contributed by atoms with E-state index in [0.29, 0.717) is 27.7 Å². The second-order valence-corrected chi connectivity index (χ2v) is 8.93. The highest BCUT2D eigenvalue weighted by atomic mass is 32.2. The predicted octanol–water partition coefficient (Wildman–Crippen LogP) is 2.38. The molecule has 8 nitrogen and oxygen atoms in total. The van der Waals surface area contributed by atoms with Crippen molar-refractivity contribution in [3.05, 3.63) is 82.0 Å². The van der Waals surface area contributed by atoms with Crippen LogP contribution in [0, 0.1) is 0 Å². The number of thiazole rings is 1. The summed E-state index contributed by atoms with van der Waals surface area (Å²) in [7, 11) is -3.88. The minimum absolute atomic E-state index is 0.0462. The normalized spacial score (nSPS) is 12.5. The van der Waals surface area contributed by atoms with Gasteiger partial charge in [0.15, 0.2) is 4.80 Å². The fourth-order valence-corrected chi connectivity index (χ4v) is 4.67. The van der Waals surface area contributed by atoms with Crippen LogP contribution in [0.25, 0.3) is 21.2 Å². The first-order chi connectivity index (χ1) is 14.3. The quantitative estimate of drug-likeness (QED) is 0.385. The third-order valence-corrected chi connectivity index (χ3v) is 6.32. The van der Waals surface area contributed by atoms with E-state index >= 15 is 0 Å². The van der Waals surface area contributed by atoms with Crippen molar-refractivity contribution >= 4 is 48.5 Å². The molecule has 2 N–H and O–H groups in total. The van der Waals surface area contributed by atoms with Crippen molar-refractivity contribution < 1.29 is 17.6 Å². The molecule has 0 saturated heterocycles. The molecule has 0 atom stereocenters. The number of carbonyl (C=O) groups is 1. The van der Waals surface area contributed by atoms with Crippen LogP contribution in [0.2, 0.25) is 0 Å². The molecule has 0 unspecified atom stereocenters. The molecule has 30 heavy (non-hydrogen) atoms. The Bertz CT molecular complexity index is 1560. The summed E-state index contributed by atoms with van der Waals surface area (Å²) in [5.41, 5.74) is 0.0550. The second kappa shape index (κ2) is 7.48. The van der Waals surface area contributed by atoms with Gasteiger partial charge < -0.3 is 8.98 Å². The molecule has 4 aromatic rings. The third kappa shape index (κ3) is 3.63. The van der Waals surface area contributed by atoms with Crippen molar-refractivity contribution in [3.63, 3.8) is 0 Å². The van der Waals surface area contributed by atoms with Crippen LogP contribution in [0.15, 0.2) is 80.3 Å². The van der Waals surface area contributed by atoms with Crippen LogP contribution in [0.4, 0.5) is 0 Å². The lowest BCUT2D eigenvalue weighted by molar-refractivity contribution is 0.0994. The summed E-state index contributed by atoms with van der Waals surface area (Å²) in [6.45, 7) is 4.03. The van der Waals surface area contributed by atoms with Crippen molar-refractivity contribution in [1.29, 1.82) is 0 Å². The van der Waals surface area contributed by atoms with Gasteiger partial charge in [0.2, 0.25) is 10.0 Å². The Labute approximate surface area is 174 Å². The molecular formula is C20H15N3O5S2. The van der Waals surface area contributed by atoms with E-state index in [1.54, 1.807) is 41.0 Å². The lowest BCUT2D eigenvalue weighted by atomic mass is 10.2. The number of fused-ring (bicyclic) bond motifs is 2. The van der Waals surface area contributed by atoms with Gasteiger partial charge in [-0.1, -0.05) is 35.6 Å². The minimum atomic E-state index is -3.88. The molecule has 2 aromatic carbocycles. The molecule has 0 aliphatic rings. The predicted molar refractivity (Wildman–Crippen MR) is 114 cm³/mol. The highest BCUT2D eigenvalue weighted by molar-refractivity contribution is 7.89. The maximum atomic E-state index is 12.8. The zero-order valence-electron chi connectivity index (χ0n) is 15.4. The molecule has 152 valence electrons. The number of benzene rings is 2. The second-order valence-electron chi connectivity index (χ2n) is 6.36. The summed E-state index contributed by atoms with van der Waals surface area (Å²) < 4.78 is 30.7. The molecule has 0 aliphatic carbocycles. The van der Waals surface area contributed by atoms with Gasteiger partial charge in [0.05, 0.1) is 15.1 Å². The number of para-hydroxylation sites is 1. The molecule has 2 heterocycles. The largest absolute Gasteiger partial charge is 0.422 e. The Morgan fingerprint density at radius 3 is 2.73 bits per heavy atom. The Hall–Kier alpha value is -3.34. The number of sulfonamides is 1. The number of allylic oxidation sites excluding steroid dienone is 1. The fourth-order valence-electron chi connectivity index (χ4n) is 2.98. The Kier molecular flexibility index (Phi) is 4.98. The van der Waals surface area contributed by atoms with E-state index in [0.717, 1.165) is 11.3 Å². The third-order valence-electron chi connectivity index (χ3n) is 4.36. The number of rotatable bonds is 4. The van der Waals surface area contributed by atoms with Gasteiger partial charge in [-0.2, -0.15) is 4.99 Å².